The van der Waals surface area contributed by atoms with Gasteiger partial charge in [0.05, 0.1) is 18.3 Å². The number of fused-ring (bicyclic) bond motifs is 1. The highest BCUT2D eigenvalue weighted by Gasteiger charge is 2.53. The van der Waals surface area contributed by atoms with E-state index in [1.165, 1.54) is 0 Å². The third-order valence-corrected chi connectivity index (χ3v) is 3.29. The molecule has 0 aromatic heterocycles. The van der Waals surface area contributed by atoms with Crippen LogP contribution >= 0.6 is 0 Å². The monoisotopic (exact) mass is 256 g/mol. The van der Waals surface area contributed by atoms with Gasteiger partial charge in [0.1, 0.15) is 6.04 Å². The lowest BCUT2D eigenvalue weighted by Crippen LogP contribution is -2.47. The number of nitrogens with zero attached hydrogens (tertiary/aromatic N) is 1. The molecule has 0 saturated carbocycles. The number of nitrogens with one attached hydrogen (secondary N) is 1. The zero-order valence-corrected chi connectivity index (χ0v) is 9.33. The van der Waals surface area contributed by atoms with Crippen LogP contribution in [0.2, 0.25) is 0 Å². The van der Waals surface area contributed by atoms with E-state index < -0.39 is 48.1 Å². The van der Waals surface area contributed by atoms with Crippen molar-refractivity contribution in [2.24, 2.45) is 11.8 Å². The minimum atomic E-state index is -1.62. The number of carbonyl (C=O) groups is 4. The van der Waals surface area contributed by atoms with Crippen molar-refractivity contribution in [3.63, 3.8) is 0 Å². The predicted molar refractivity (Wildman–Crippen MR) is 55.4 cm³/mol. The zero-order chi connectivity index (χ0) is 13.4. The van der Waals surface area contributed by atoms with Gasteiger partial charge in [-0.3, -0.25) is 19.3 Å². The van der Waals surface area contributed by atoms with Gasteiger partial charge in [0.2, 0.25) is 11.8 Å². The molecule has 2 unspecified atom stereocenters. The Labute approximate surface area is 102 Å². The summed E-state index contributed by atoms with van der Waals surface area (Å²) in [5.74, 6) is -5.15. The Morgan fingerprint density at radius 2 is 1.72 bits per heavy atom. The Hall–Kier alpha value is -1.96. The molecule has 2 rings (SSSR count). The molecule has 18 heavy (non-hydrogen) atoms. The van der Waals surface area contributed by atoms with Gasteiger partial charge in [-0.05, 0) is 0 Å². The number of carbonyl (C=O) groups excluding carboxylic acids is 2. The SMILES string of the molecule is O=C(O)C[C@@H](C(=O)O)N1C(=O)C2CNCC2C1=O. The molecule has 2 amide bonds. The van der Waals surface area contributed by atoms with E-state index in [2.05, 4.69) is 5.32 Å². The number of hydrogen-bond donors (Lipinski definition) is 3. The van der Waals surface area contributed by atoms with Crippen LogP contribution in [0.5, 0.6) is 0 Å². The van der Waals surface area contributed by atoms with E-state index in [1.807, 2.05) is 0 Å². The molecule has 98 valence electrons. The van der Waals surface area contributed by atoms with Crippen molar-refractivity contribution < 1.29 is 29.4 Å². The number of aliphatic carboxylic acids is 2. The maximum atomic E-state index is 11.9. The van der Waals surface area contributed by atoms with Crippen molar-refractivity contribution in [2.45, 2.75) is 12.5 Å². The Balaban J connectivity index is 2.26. The first-order valence-corrected chi connectivity index (χ1v) is 5.45. The second-order valence-corrected chi connectivity index (χ2v) is 4.37. The van der Waals surface area contributed by atoms with Crippen LogP contribution < -0.4 is 5.32 Å². The molecule has 0 aromatic carbocycles. The quantitative estimate of drug-likeness (QED) is 0.503. The molecule has 0 spiro atoms. The lowest BCUT2D eigenvalue weighted by atomic mass is 10.00. The average molecular weight is 256 g/mol. The highest BCUT2D eigenvalue weighted by molar-refractivity contribution is 6.08. The van der Waals surface area contributed by atoms with Crippen molar-refractivity contribution in [2.75, 3.05) is 13.1 Å². The van der Waals surface area contributed by atoms with Crippen molar-refractivity contribution in [1.82, 2.24) is 10.2 Å². The molecular formula is C10H12N2O6. The van der Waals surface area contributed by atoms with Crippen LogP contribution in [0, 0.1) is 11.8 Å². The highest BCUT2D eigenvalue weighted by atomic mass is 16.4. The van der Waals surface area contributed by atoms with E-state index in [-0.39, 0.29) is 0 Å². The maximum Gasteiger partial charge on any atom is 0.327 e. The fraction of sp³-hybridized carbons (Fsp3) is 0.600. The first-order valence-electron chi connectivity index (χ1n) is 5.45. The Morgan fingerprint density at radius 1 is 1.22 bits per heavy atom. The summed E-state index contributed by atoms with van der Waals surface area (Å²) in [6.07, 6.45) is -0.778. The minimum absolute atomic E-state index is 0.325. The molecule has 0 aliphatic carbocycles. The lowest BCUT2D eigenvalue weighted by Gasteiger charge is -2.22. The van der Waals surface area contributed by atoms with Crippen LogP contribution in [0.15, 0.2) is 0 Å². The topological polar surface area (TPSA) is 124 Å². The van der Waals surface area contributed by atoms with E-state index in [0.717, 1.165) is 0 Å². The molecule has 0 bridgehead atoms. The number of carboxylic acid groups (broad SMARTS) is 2. The number of rotatable bonds is 4. The van der Waals surface area contributed by atoms with Gasteiger partial charge in [-0.2, -0.15) is 0 Å². The van der Waals surface area contributed by atoms with E-state index in [0.29, 0.717) is 18.0 Å². The van der Waals surface area contributed by atoms with E-state index in [1.54, 1.807) is 0 Å². The molecular weight excluding hydrogens is 244 g/mol. The summed E-state index contributed by atoms with van der Waals surface area (Å²) < 4.78 is 0. The minimum Gasteiger partial charge on any atom is -0.481 e. The second kappa shape index (κ2) is 4.37. The molecule has 2 heterocycles. The Morgan fingerprint density at radius 3 is 2.11 bits per heavy atom. The lowest BCUT2D eigenvalue weighted by molar-refractivity contribution is -0.158. The van der Waals surface area contributed by atoms with Crippen molar-refractivity contribution in [3.8, 4) is 0 Å². The maximum absolute atomic E-state index is 11.9. The van der Waals surface area contributed by atoms with Crippen LogP contribution in [0.1, 0.15) is 6.42 Å². The molecule has 2 saturated heterocycles. The summed E-state index contributed by atoms with van der Waals surface area (Å²) >= 11 is 0. The van der Waals surface area contributed by atoms with Crippen molar-refractivity contribution >= 4 is 23.8 Å². The predicted octanol–water partition coefficient (Wildman–Crippen LogP) is -1.88. The van der Waals surface area contributed by atoms with Crippen LogP contribution in [0.25, 0.3) is 0 Å². The number of imide groups is 1. The Bertz CT molecular complexity index is 412. The number of hydrogen-bond acceptors (Lipinski definition) is 5. The largest absolute Gasteiger partial charge is 0.481 e. The van der Waals surface area contributed by atoms with E-state index >= 15 is 0 Å². The normalized spacial score (nSPS) is 28.3. The number of carboxylic acids is 2. The van der Waals surface area contributed by atoms with Gasteiger partial charge in [0.15, 0.2) is 0 Å². The molecule has 2 aliphatic heterocycles. The van der Waals surface area contributed by atoms with E-state index in [9.17, 15) is 19.2 Å². The fourth-order valence-electron chi connectivity index (χ4n) is 2.43. The molecule has 3 atom stereocenters. The van der Waals surface area contributed by atoms with Gasteiger partial charge in [-0.15, -0.1) is 0 Å². The standard InChI is InChI=1S/C10H12N2O6/c13-7(14)1-6(10(17)18)12-8(15)4-2-11-3-5(4)9(12)16/h4-6,11H,1-3H2,(H,13,14)(H,17,18)/t4?,5?,6-/m0/s1. The number of likely N-dealkylation sites (tertiary alicyclic amines) is 1. The molecule has 2 fully saturated rings. The third-order valence-electron chi connectivity index (χ3n) is 3.29. The smallest absolute Gasteiger partial charge is 0.327 e. The number of amides is 2. The second-order valence-electron chi connectivity index (χ2n) is 4.37. The molecule has 2 aliphatic rings. The third kappa shape index (κ3) is 1.84. The van der Waals surface area contributed by atoms with Gasteiger partial charge >= 0.3 is 11.9 Å². The summed E-state index contributed by atoms with van der Waals surface area (Å²) in [5, 5.41) is 20.5. The van der Waals surface area contributed by atoms with Gasteiger partial charge in [0.25, 0.3) is 0 Å². The highest BCUT2D eigenvalue weighted by Crippen LogP contribution is 2.31. The fourth-order valence-corrected chi connectivity index (χ4v) is 2.43. The summed E-state index contributed by atoms with van der Waals surface area (Å²) in [5.41, 5.74) is 0. The molecule has 0 aromatic rings. The first kappa shape index (κ1) is 12.5. The summed E-state index contributed by atoms with van der Waals surface area (Å²) in [7, 11) is 0. The van der Waals surface area contributed by atoms with Crippen molar-refractivity contribution in [1.29, 1.82) is 0 Å². The molecule has 0 radical (unpaired) electrons. The van der Waals surface area contributed by atoms with Crippen molar-refractivity contribution in [3.05, 3.63) is 0 Å². The summed E-state index contributed by atoms with van der Waals surface area (Å²) in [6.45, 7) is 0.649. The molecule has 8 heteroatoms. The molecule has 3 N–H and O–H groups in total. The summed E-state index contributed by atoms with van der Waals surface area (Å²) in [6, 6.07) is -1.62. The van der Waals surface area contributed by atoms with Crippen LogP contribution in [-0.4, -0.2) is 58.0 Å². The van der Waals surface area contributed by atoms with Gasteiger partial charge in [0, 0.05) is 13.1 Å². The van der Waals surface area contributed by atoms with E-state index in [4.69, 9.17) is 10.2 Å². The summed E-state index contributed by atoms with van der Waals surface area (Å²) in [4.78, 5) is 46.1. The zero-order valence-electron chi connectivity index (χ0n) is 9.33. The van der Waals surface area contributed by atoms with Crippen LogP contribution in [0.3, 0.4) is 0 Å². The van der Waals surface area contributed by atoms with Crippen LogP contribution in [-0.2, 0) is 19.2 Å². The van der Waals surface area contributed by atoms with Crippen LogP contribution in [0.4, 0.5) is 0 Å². The first-order chi connectivity index (χ1) is 8.43. The van der Waals surface area contributed by atoms with Gasteiger partial charge < -0.3 is 15.5 Å². The van der Waals surface area contributed by atoms with Gasteiger partial charge in [-0.25, -0.2) is 4.79 Å². The van der Waals surface area contributed by atoms with Gasteiger partial charge in [-0.1, -0.05) is 0 Å². The average Bonchev–Trinajstić information content (AvgIpc) is 2.82. The molecule has 8 nitrogen and oxygen atoms in total. The Kier molecular flexibility index (Phi) is 3.04.